The zero-order chi connectivity index (χ0) is 9.54. The van der Waals surface area contributed by atoms with Crippen molar-refractivity contribution in [3.05, 3.63) is 11.5 Å². The summed E-state index contributed by atoms with van der Waals surface area (Å²) in [5, 5.41) is 0. The van der Waals surface area contributed by atoms with Gasteiger partial charge in [-0.25, -0.2) is 0 Å². The van der Waals surface area contributed by atoms with Gasteiger partial charge in [-0.05, 0) is 0 Å². The molecule has 76 valence electrons. The zero-order valence-corrected chi connectivity index (χ0v) is 7.90. The largest absolute Gasteiger partial charge is 0.427 e. The summed E-state index contributed by atoms with van der Waals surface area (Å²) in [6.45, 7) is 3.55. The molecule has 3 heterocycles. The summed E-state index contributed by atoms with van der Waals surface area (Å²) in [7, 11) is 0. The zero-order valence-electron chi connectivity index (χ0n) is 7.90. The molecule has 1 aromatic heterocycles. The Kier molecular flexibility index (Phi) is 1.75. The van der Waals surface area contributed by atoms with Gasteiger partial charge in [-0.3, -0.25) is 4.90 Å². The normalized spacial score (nSPS) is 23.1. The molecule has 5 heteroatoms. The van der Waals surface area contributed by atoms with Crippen molar-refractivity contribution in [3.8, 4) is 0 Å². The number of anilines is 1. The first-order valence-corrected chi connectivity index (χ1v) is 4.89. The second kappa shape index (κ2) is 2.96. The lowest BCUT2D eigenvalue weighted by Gasteiger charge is -2.38. The minimum Gasteiger partial charge on any atom is -0.427 e. The Balaban J connectivity index is 1.78. The van der Waals surface area contributed by atoms with Crippen LogP contribution in [0.5, 0.6) is 0 Å². The highest BCUT2D eigenvalue weighted by Gasteiger charge is 2.30. The van der Waals surface area contributed by atoms with Gasteiger partial charge in [-0.1, -0.05) is 0 Å². The Labute approximate surface area is 81.8 Å². The van der Waals surface area contributed by atoms with Crippen molar-refractivity contribution < 1.29 is 9.15 Å². The van der Waals surface area contributed by atoms with Gasteiger partial charge in [0.15, 0.2) is 0 Å². The summed E-state index contributed by atoms with van der Waals surface area (Å²) in [5.74, 6) is 0.931. The Hall–Kier alpha value is -1.07. The van der Waals surface area contributed by atoms with E-state index in [0.717, 1.165) is 44.2 Å². The number of hydrogen-bond donors (Lipinski definition) is 1. The summed E-state index contributed by atoms with van der Waals surface area (Å²) in [5.41, 5.74) is 6.53. The van der Waals surface area contributed by atoms with Gasteiger partial charge >= 0.3 is 0 Å². The van der Waals surface area contributed by atoms with E-state index in [4.69, 9.17) is 14.9 Å². The van der Waals surface area contributed by atoms with E-state index in [2.05, 4.69) is 9.88 Å². The molecule has 0 spiro atoms. The first kappa shape index (κ1) is 8.26. The van der Waals surface area contributed by atoms with Crippen molar-refractivity contribution in [2.24, 2.45) is 0 Å². The van der Waals surface area contributed by atoms with Crippen LogP contribution in [-0.4, -0.2) is 35.7 Å². The fraction of sp³-hybridized carbons (Fsp3) is 0.667. The molecule has 0 saturated carbocycles. The highest BCUT2D eigenvalue weighted by atomic mass is 16.5. The number of ether oxygens (including phenoxy) is 1. The molecule has 14 heavy (non-hydrogen) atoms. The van der Waals surface area contributed by atoms with E-state index in [-0.39, 0.29) is 0 Å². The Morgan fingerprint density at radius 2 is 2.29 bits per heavy atom. The molecular formula is C9H13N3O2. The fourth-order valence-corrected chi connectivity index (χ4v) is 1.98. The van der Waals surface area contributed by atoms with Gasteiger partial charge < -0.3 is 14.9 Å². The molecule has 5 nitrogen and oxygen atoms in total. The second-order valence-corrected chi connectivity index (χ2v) is 3.83. The predicted octanol–water partition coefficient (Wildman–Crippen LogP) is 0.0137. The highest BCUT2D eigenvalue weighted by Crippen LogP contribution is 2.24. The van der Waals surface area contributed by atoms with Gasteiger partial charge in [0.05, 0.1) is 31.5 Å². The molecule has 1 aromatic rings. The van der Waals surface area contributed by atoms with Crippen molar-refractivity contribution in [1.29, 1.82) is 0 Å². The molecular weight excluding hydrogens is 182 g/mol. The first-order valence-electron chi connectivity index (χ1n) is 4.89. The van der Waals surface area contributed by atoms with Crippen LogP contribution >= 0.6 is 0 Å². The molecule has 0 unspecified atom stereocenters. The van der Waals surface area contributed by atoms with Crippen LogP contribution in [0.15, 0.2) is 4.42 Å². The molecule has 0 bridgehead atoms. The topological polar surface area (TPSA) is 64.5 Å². The average Bonchev–Trinajstić information content (AvgIpc) is 2.40. The van der Waals surface area contributed by atoms with Crippen molar-refractivity contribution >= 4 is 6.01 Å². The molecule has 1 saturated heterocycles. The van der Waals surface area contributed by atoms with Gasteiger partial charge in [0.2, 0.25) is 0 Å². The van der Waals surface area contributed by atoms with E-state index in [9.17, 15) is 0 Å². The molecule has 2 aliphatic rings. The molecule has 3 rings (SSSR count). The third kappa shape index (κ3) is 1.20. The van der Waals surface area contributed by atoms with Crippen LogP contribution < -0.4 is 5.73 Å². The number of fused-ring (bicyclic) bond motifs is 1. The lowest BCUT2D eigenvalue weighted by molar-refractivity contribution is -0.0714. The molecule has 0 aromatic carbocycles. The summed E-state index contributed by atoms with van der Waals surface area (Å²) >= 11 is 0. The van der Waals surface area contributed by atoms with Gasteiger partial charge in [-0.2, -0.15) is 4.98 Å². The Morgan fingerprint density at radius 1 is 1.43 bits per heavy atom. The van der Waals surface area contributed by atoms with E-state index in [1.165, 1.54) is 0 Å². The van der Waals surface area contributed by atoms with E-state index in [1.807, 2.05) is 0 Å². The maximum Gasteiger partial charge on any atom is 0.292 e. The van der Waals surface area contributed by atoms with Crippen molar-refractivity contribution in [1.82, 2.24) is 9.88 Å². The quantitative estimate of drug-likeness (QED) is 0.684. The number of aromatic nitrogens is 1. The second-order valence-electron chi connectivity index (χ2n) is 3.83. The third-order valence-electron chi connectivity index (χ3n) is 2.91. The number of rotatable bonds is 1. The minimum atomic E-state index is 0.293. The first-order chi connectivity index (χ1) is 6.83. The van der Waals surface area contributed by atoms with E-state index < -0.39 is 0 Å². The smallest absolute Gasteiger partial charge is 0.292 e. The minimum absolute atomic E-state index is 0.293. The number of hydrogen-bond acceptors (Lipinski definition) is 5. The third-order valence-corrected chi connectivity index (χ3v) is 2.91. The molecule has 0 amide bonds. The average molecular weight is 195 g/mol. The van der Waals surface area contributed by atoms with E-state index >= 15 is 0 Å². The van der Waals surface area contributed by atoms with Crippen LogP contribution in [0.1, 0.15) is 11.5 Å². The monoisotopic (exact) mass is 195 g/mol. The van der Waals surface area contributed by atoms with Crippen molar-refractivity contribution in [3.63, 3.8) is 0 Å². The maximum atomic E-state index is 5.51. The van der Waals surface area contributed by atoms with Crippen molar-refractivity contribution in [2.75, 3.05) is 25.5 Å². The number of nitrogens with two attached hydrogens (primary N) is 1. The maximum absolute atomic E-state index is 5.51. The molecule has 2 aliphatic heterocycles. The lowest BCUT2D eigenvalue weighted by atomic mass is 10.1. The van der Waals surface area contributed by atoms with Crippen LogP contribution in [0, 0.1) is 0 Å². The number of oxazole rings is 1. The van der Waals surface area contributed by atoms with Crippen LogP contribution in [0.2, 0.25) is 0 Å². The predicted molar refractivity (Wildman–Crippen MR) is 49.6 cm³/mol. The summed E-state index contributed by atoms with van der Waals surface area (Å²) in [6.07, 6.45) is 0.937. The Bertz CT molecular complexity index is 346. The van der Waals surface area contributed by atoms with Gasteiger partial charge in [-0.15, -0.1) is 0 Å². The molecule has 0 aliphatic carbocycles. The van der Waals surface area contributed by atoms with Crippen LogP contribution in [-0.2, 0) is 17.7 Å². The van der Waals surface area contributed by atoms with E-state index in [0.29, 0.717) is 12.1 Å². The van der Waals surface area contributed by atoms with Crippen LogP contribution in [0.4, 0.5) is 6.01 Å². The van der Waals surface area contributed by atoms with Crippen LogP contribution in [0.3, 0.4) is 0 Å². The summed E-state index contributed by atoms with van der Waals surface area (Å²) in [4.78, 5) is 6.51. The molecule has 0 atom stereocenters. The number of nitrogens with zero attached hydrogens (tertiary/aromatic N) is 2. The standard InChI is InChI=1S/C9H13N3O2/c10-9-11-7-1-2-12(3-8(7)14-9)6-4-13-5-6/h6H,1-5H2,(H2,10,11). The fourth-order valence-electron chi connectivity index (χ4n) is 1.98. The summed E-state index contributed by atoms with van der Waals surface area (Å²) in [6, 6.07) is 0.858. The highest BCUT2D eigenvalue weighted by molar-refractivity contribution is 5.22. The summed E-state index contributed by atoms with van der Waals surface area (Å²) < 4.78 is 10.5. The van der Waals surface area contributed by atoms with Gasteiger partial charge in [0.1, 0.15) is 5.76 Å². The van der Waals surface area contributed by atoms with Crippen molar-refractivity contribution in [2.45, 2.75) is 19.0 Å². The number of nitrogen functional groups attached to an aromatic ring is 1. The molecule has 1 fully saturated rings. The molecule has 0 radical (unpaired) electrons. The lowest BCUT2D eigenvalue weighted by Crippen LogP contribution is -2.50. The van der Waals surface area contributed by atoms with Crippen LogP contribution in [0.25, 0.3) is 0 Å². The Morgan fingerprint density at radius 3 is 3.00 bits per heavy atom. The SMILES string of the molecule is Nc1nc2c(o1)CN(C1COC1)CC2. The van der Waals surface area contributed by atoms with Gasteiger partial charge in [0.25, 0.3) is 6.01 Å². The van der Waals surface area contributed by atoms with E-state index in [1.54, 1.807) is 0 Å². The van der Waals surface area contributed by atoms with Gasteiger partial charge in [0, 0.05) is 13.0 Å². The molecule has 2 N–H and O–H groups in total.